The highest BCUT2D eigenvalue weighted by Crippen LogP contribution is 2.30. The first kappa shape index (κ1) is 13.8. The summed E-state index contributed by atoms with van der Waals surface area (Å²) in [5.74, 6) is 0.797. The minimum Gasteiger partial charge on any atom is -0.369 e. The zero-order valence-electron chi connectivity index (χ0n) is 12.1. The van der Waals surface area contributed by atoms with E-state index in [1.165, 1.54) is 0 Å². The second-order valence-electron chi connectivity index (χ2n) is 5.70. The number of likely N-dealkylation sites (tertiary alicyclic amines) is 1. The molecule has 0 saturated carbocycles. The van der Waals surface area contributed by atoms with Crippen LogP contribution in [0.15, 0.2) is 18.3 Å². The molecule has 1 N–H and O–H groups in total. The molecule has 0 aliphatic carbocycles. The van der Waals surface area contributed by atoms with Crippen molar-refractivity contribution in [2.24, 2.45) is 0 Å². The van der Waals surface area contributed by atoms with Gasteiger partial charge in [0.25, 0.3) is 5.91 Å². The molecule has 4 heteroatoms. The average Bonchev–Trinajstić information content (AvgIpc) is 2.75. The Hall–Kier alpha value is -1.58. The Kier molecular flexibility index (Phi) is 4.08. The van der Waals surface area contributed by atoms with E-state index in [2.05, 4.69) is 31.1 Å². The summed E-state index contributed by atoms with van der Waals surface area (Å²) < 4.78 is 0. The quantitative estimate of drug-likeness (QED) is 0.906. The van der Waals surface area contributed by atoms with Crippen molar-refractivity contribution in [2.75, 3.05) is 18.4 Å². The van der Waals surface area contributed by atoms with Crippen LogP contribution in [0.5, 0.6) is 0 Å². The fraction of sp³-hybridized carbons (Fsp3) is 0.600. The molecule has 1 fully saturated rings. The fourth-order valence-electron chi connectivity index (χ4n) is 2.59. The van der Waals surface area contributed by atoms with Gasteiger partial charge in [-0.05, 0) is 45.2 Å². The van der Waals surface area contributed by atoms with E-state index >= 15 is 0 Å². The van der Waals surface area contributed by atoms with Crippen molar-refractivity contribution >= 4 is 11.7 Å². The van der Waals surface area contributed by atoms with E-state index in [0.717, 1.165) is 32.4 Å². The molecule has 0 spiro atoms. The van der Waals surface area contributed by atoms with Gasteiger partial charge in [-0.2, -0.15) is 0 Å². The summed E-state index contributed by atoms with van der Waals surface area (Å²) in [5.41, 5.74) is 0.639. The van der Waals surface area contributed by atoms with Crippen LogP contribution in [0, 0.1) is 0 Å². The molecule has 1 amide bonds. The minimum atomic E-state index is -0.0467. The Morgan fingerprint density at radius 3 is 2.95 bits per heavy atom. The average molecular weight is 261 g/mol. The van der Waals surface area contributed by atoms with E-state index in [9.17, 15) is 4.79 Å². The lowest BCUT2D eigenvalue weighted by Crippen LogP contribution is -2.42. The number of nitrogens with zero attached hydrogens (tertiary/aromatic N) is 2. The number of pyridine rings is 1. The first-order chi connectivity index (χ1) is 9.06. The molecule has 1 aliphatic heterocycles. The van der Waals surface area contributed by atoms with Gasteiger partial charge in [0.2, 0.25) is 0 Å². The molecular formula is C15H23N3O. The normalized spacial score (nSPS) is 17.5. The molecular weight excluding hydrogens is 238 g/mol. The molecule has 0 atom stereocenters. The van der Waals surface area contributed by atoms with Crippen LogP contribution in [-0.4, -0.2) is 34.4 Å². The number of aromatic nitrogens is 1. The van der Waals surface area contributed by atoms with Crippen LogP contribution in [-0.2, 0) is 0 Å². The summed E-state index contributed by atoms with van der Waals surface area (Å²) in [5, 5.41) is 3.24. The predicted molar refractivity (Wildman–Crippen MR) is 77.4 cm³/mol. The lowest BCUT2D eigenvalue weighted by atomic mass is 10.0. The molecule has 1 aromatic rings. The number of hydrogen-bond acceptors (Lipinski definition) is 3. The summed E-state index contributed by atoms with van der Waals surface area (Å²) >= 11 is 0. The maximum atomic E-state index is 12.7. The summed E-state index contributed by atoms with van der Waals surface area (Å²) in [6.45, 7) is 8.04. The van der Waals surface area contributed by atoms with Crippen molar-refractivity contribution in [2.45, 2.75) is 45.6 Å². The van der Waals surface area contributed by atoms with Crippen LogP contribution < -0.4 is 5.32 Å². The van der Waals surface area contributed by atoms with Gasteiger partial charge in [0, 0.05) is 24.8 Å². The zero-order valence-corrected chi connectivity index (χ0v) is 12.1. The van der Waals surface area contributed by atoms with Crippen LogP contribution >= 0.6 is 0 Å². The number of anilines is 1. The monoisotopic (exact) mass is 261 g/mol. The molecule has 0 aromatic carbocycles. The summed E-state index contributed by atoms with van der Waals surface area (Å²) in [6, 6.07) is 3.69. The lowest BCUT2D eigenvalue weighted by Gasteiger charge is -2.32. The van der Waals surface area contributed by atoms with Crippen molar-refractivity contribution < 1.29 is 4.79 Å². The molecule has 2 heterocycles. The maximum Gasteiger partial charge on any atom is 0.258 e. The van der Waals surface area contributed by atoms with Gasteiger partial charge in [-0.1, -0.05) is 6.92 Å². The smallest absolute Gasteiger partial charge is 0.258 e. The second-order valence-corrected chi connectivity index (χ2v) is 5.70. The van der Waals surface area contributed by atoms with E-state index in [-0.39, 0.29) is 11.4 Å². The van der Waals surface area contributed by atoms with Crippen LogP contribution in [0.3, 0.4) is 0 Å². The Balaban J connectivity index is 2.23. The third kappa shape index (κ3) is 2.88. The minimum absolute atomic E-state index is 0.0467. The lowest BCUT2D eigenvalue weighted by molar-refractivity contribution is 0.0652. The number of carbonyl (C=O) groups excluding carboxylic acids is 1. The number of rotatable bonds is 4. The summed E-state index contributed by atoms with van der Waals surface area (Å²) in [7, 11) is 0. The SMILES string of the molecule is CCCNc1ncccc1C(=O)N1CCCC1(C)C. The molecule has 0 radical (unpaired) electrons. The summed E-state index contributed by atoms with van der Waals surface area (Å²) in [4.78, 5) is 19.0. The van der Waals surface area contributed by atoms with Gasteiger partial charge < -0.3 is 10.2 Å². The van der Waals surface area contributed by atoms with Gasteiger partial charge in [0.1, 0.15) is 5.82 Å². The molecule has 0 bridgehead atoms. The number of nitrogens with one attached hydrogen (secondary N) is 1. The van der Waals surface area contributed by atoms with Gasteiger partial charge in [0.15, 0.2) is 0 Å². The van der Waals surface area contributed by atoms with Crippen LogP contribution in [0.25, 0.3) is 0 Å². The Morgan fingerprint density at radius 1 is 1.53 bits per heavy atom. The molecule has 1 saturated heterocycles. The molecule has 1 aromatic heterocycles. The van der Waals surface area contributed by atoms with Crippen LogP contribution in [0.2, 0.25) is 0 Å². The predicted octanol–water partition coefficient (Wildman–Crippen LogP) is 2.92. The van der Waals surface area contributed by atoms with Crippen molar-refractivity contribution in [1.29, 1.82) is 0 Å². The zero-order chi connectivity index (χ0) is 13.9. The maximum absolute atomic E-state index is 12.7. The largest absolute Gasteiger partial charge is 0.369 e. The number of hydrogen-bond donors (Lipinski definition) is 1. The molecule has 1 aliphatic rings. The molecule has 104 valence electrons. The third-order valence-corrected chi connectivity index (χ3v) is 3.73. The summed E-state index contributed by atoms with van der Waals surface area (Å²) in [6.07, 6.45) is 4.89. The van der Waals surface area contributed by atoms with Crippen molar-refractivity contribution in [3.05, 3.63) is 23.9 Å². The van der Waals surface area contributed by atoms with Gasteiger partial charge in [0.05, 0.1) is 5.56 Å². The first-order valence-corrected chi connectivity index (χ1v) is 7.07. The highest BCUT2D eigenvalue weighted by atomic mass is 16.2. The van der Waals surface area contributed by atoms with Crippen LogP contribution in [0.1, 0.15) is 50.4 Å². The number of carbonyl (C=O) groups is 1. The van der Waals surface area contributed by atoms with E-state index in [1.54, 1.807) is 6.20 Å². The van der Waals surface area contributed by atoms with E-state index in [0.29, 0.717) is 11.4 Å². The van der Waals surface area contributed by atoms with E-state index in [4.69, 9.17) is 0 Å². The number of amides is 1. The van der Waals surface area contributed by atoms with Crippen molar-refractivity contribution in [1.82, 2.24) is 9.88 Å². The molecule has 2 rings (SSSR count). The molecule has 0 unspecified atom stereocenters. The highest BCUT2D eigenvalue weighted by Gasteiger charge is 2.36. The third-order valence-electron chi connectivity index (χ3n) is 3.73. The Morgan fingerprint density at radius 2 is 2.32 bits per heavy atom. The van der Waals surface area contributed by atoms with Gasteiger partial charge in [-0.25, -0.2) is 4.98 Å². The molecule has 4 nitrogen and oxygen atoms in total. The Labute approximate surface area is 115 Å². The van der Waals surface area contributed by atoms with Gasteiger partial charge >= 0.3 is 0 Å². The first-order valence-electron chi connectivity index (χ1n) is 7.07. The van der Waals surface area contributed by atoms with Crippen LogP contribution in [0.4, 0.5) is 5.82 Å². The second kappa shape index (κ2) is 5.59. The highest BCUT2D eigenvalue weighted by molar-refractivity contribution is 5.99. The van der Waals surface area contributed by atoms with Crippen molar-refractivity contribution in [3.8, 4) is 0 Å². The topological polar surface area (TPSA) is 45.2 Å². The standard InChI is InChI=1S/C15H23N3O/c1-4-9-16-13-12(7-5-10-17-13)14(19)18-11-6-8-15(18,2)3/h5,7,10H,4,6,8-9,11H2,1-3H3,(H,16,17). The van der Waals surface area contributed by atoms with E-state index < -0.39 is 0 Å². The molecule has 19 heavy (non-hydrogen) atoms. The van der Waals surface area contributed by atoms with Gasteiger partial charge in [-0.15, -0.1) is 0 Å². The van der Waals surface area contributed by atoms with Crippen molar-refractivity contribution in [3.63, 3.8) is 0 Å². The van der Waals surface area contributed by atoms with Gasteiger partial charge in [-0.3, -0.25) is 4.79 Å². The van der Waals surface area contributed by atoms with E-state index in [1.807, 2.05) is 17.0 Å². The fourth-order valence-corrected chi connectivity index (χ4v) is 2.59. The Bertz CT molecular complexity index is 456.